The van der Waals surface area contributed by atoms with Gasteiger partial charge in [0.15, 0.2) is 0 Å². The Morgan fingerprint density at radius 2 is 1.95 bits per heavy atom. The summed E-state index contributed by atoms with van der Waals surface area (Å²) >= 11 is 6.21. The van der Waals surface area contributed by atoms with Gasteiger partial charge in [0.05, 0.1) is 0 Å². The standard InChI is InChI=1S/C17H23ClO/c1-17(2,3)14-8-9-16(19)13(11-14)10-12-6-4-5-7-15(12)18/h4-7,13-14H,8-11H2,1-3H3. The fraction of sp³-hybridized carbons (Fsp3) is 0.588. The van der Waals surface area contributed by atoms with Gasteiger partial charge < -0.3 is 0 Å². The van der Waals surface area contributed by atoms with Crippen LogP contribution in [0.15, 0.2) is 24.3 Å². The summed E-state index contributed by atoms with van der Waals surface area (Å²) in [4.78, 5) is 12.1. The van der Waals surface area contributed by atoms with Gasteiger partial charge >= 0.3 is 0 Å². The molecule has 104 valence electrons. The third kappa shape index (κ3) is 3.60. The number of benzene rings is 1. The van der Waals surface area contributed by atoms with E-state index in [0.29, 0.717) is 17.1 Å². The lowest BCUT2D eigenvalue weighted by Gasteiger charge is -2.37. The second-order valence-electron chi connectivity index (χ2n) is 6.80. The van der Waals surface area contributed by atoms with Crippen molar-refractivity contribution < 1.29 is 4.79 Å². The van der Waals surface area contributed by atoms with Crippen molar-refractivity contribution in [2.24, 2.45) is 17.3 Å². The number of ketones is 1. The van der Waals surface area contributed by atoms with E-state index in [2.05, 4.69) is 20.8 Å². The van der Waals surface area contributed by atoms with Gasteiger partial charge in [-0.1, -0.05) is 50.6 Å². The second-order valence-corrected chi connectivity index (χ2v) is 7.20. The van der Waals surface area contributed by atoms with E-state index in [1.54, 1.807) is 0 Å². The monoisotopic (exact) mass is 278 g/mol. The zero-order chi connectivity index (χ0) is 14.0. The van der Waals surface area contributed by atoms with E-state index in [9.17, 15) is 4.79 Å². The molecule has 0 amide bonds. The molecule has 2 atom stereocenters. The zero-order valence-corrected chi connectivity index (χ0v) is 12.8. The Morgan fingerprint density at radius 3 is 2.58 bits per heavy atom. The molecule has 1 fully saturated rings. The van der Waals surface area contributed by atoms with Crippen molar-refractivity contribution in [3.8, 4) is 0 Å². The molecule has 0 spiro atoms. The Hall–Kier alpha value is -0.820. The van der Waals surface area contributed by atoms with Gasteiger partial charge in [-0.15, -0.1) is 0 Å². The lowest BCUT2D eigenvalue weighted by atomic mass is 9.67. The van der Waals surface area contributed by atoms with Crippen LogP contribution in [0.4, 0.5) is 0 Å². The third-order valence-electron chi connectivity index (χ3n) is 4.41. The summed E-state index contributed by atoms with van der Waals surface area (Å²) in [6, 6.07) is 7.88. The fourth-order valence-electron chi connectivity index (χ4n) is 3.03. The molecule has 0 N–H and O–H groups in total. The molecule has 2 heteroatoms. The van der Waals surface area contributed by atoms with Crippen LogP contribution in [0.1, 0.15) is 45.6 Å². The van der Waals surface area contributed by atoms with Crippen molar-refractivity contribution in [3.05, 3.63) is 34.9 Å². The van der Waals surface area contributed by atoms with Crippen LogP contribution in [-0.4, -0.2) is 5.78 Å². The number of carbonyl (C=O) groups excluding carboxylic acids is 1. The number of Topliss-reactive ketones (excluding diaryl/α,β-unsaturated/α-hetero) is 1. The van der Waals surface area contributed by atoms with Gasteiger partial charge in [-0.25, -0.2) is 0 Å². The Labute approximate surface area is 121 Å². The first kappa shape index (κ1) is 14.6. The van der Waals surface area contributed by atoms with Crippen molar-refractivity contribution >= 4 is 17.4 Å². The molecule has 1 aromatic rings. The number of hydrogen-bond donors (Lipinski definition) is 0. The van der Waals surface area contributed by atoms with Crippen LogP contribution in [0.2, 0.25) is 5.02 Å². The summed E-state index contributed by atoms with van der Waals surface area (Å²) in [6.45, 7) is 6.83. The summed E-state index contributed by atoms with van der Waals surface area (Å²) in [5.74, 6) is 1.20. The molecule has 1 saturated carbocycles. The summed E-state index contributed by atoms with van der Waals surface area (Å²) in [5.41, 5.74) is 1.40. The van der Waals surface area contributed by atoms with E-state index in [1.165, 1.54) is 0 Å². The first-order valence-electron chi connectivity index (χ1n) is 7.14. The van der Waals surface area contributed by atoms with Crippen LogP contribution >= 0.6 is 11.6 Å². The zero-order valence-electron chi connectivity index (χ0n) is 12.1. The smallest absolute Gasteiger partial charge is 0.136 e. The lowest BCUT2D eigenvalue weighted by Crippen LogP contribution is -2.33. The molecule has 0 heterocycles. The molecule has 1 nitrogen and oxygen atoms in total. The van der Waals surface area contributed by atoms with Gasteiger partial charge in [-0.2, -0.15) is 0 Å². The van der Waals surface area contributed by atoms with E-state index < -0.39 is 0 Å². The predicted molar refractivity (Wildman–Crippen MR) is 80.4 cm³/mol. The molecular formula is C17H23ClO. The molecule has 0 aromatic heterocycles. The molecule has 0 aliphatic heterocycles. The van der Waals surface area contributed by atoms with Crippen molar-refractivity contribution in [2.45, 2.75) is 46.5 Å². The molecule has 0 saturated heterocycles. The highest BCUT2D eigenvalue weighted by Crippen LogP contribution is 2.40. The van der Waals surface area contributed by atoms with Crippen LogP contribution in [0.25, 0.3) is 0 Å². The largest absolute Gasteiger partial charge is 0.299 e. The molecule has 0 radical (unpaired) electrons. The summed E-state index contributed by atoms with van der Waals surface area (Å²) < 4.78 is 0. The first-order chi connectivity index (χ1) is 8.88. The summed E-state index contributed by atoms with van der Waals surface area (Å²) in [6.07, 6.45) is 3.58. The van der Waals surface area contributed by atoms with E-state index in [4.69, 9.17) is 11.6 Å². The van der Waals surface area contributed by atoms with E-state index in [0.717, 1.165) is 36.3 Å². The molecule has 19 heavy (non-hydrogen) atoms. The predicted octanol–water partition coefficient (Wildman–Crippen LogP) is 4.91. The quantitative estimate of drug-likeness (QED) is 0.751. The first-order valence-corrected chi connectivity index (χ1v) is 7.52. The third-order valence-corrected chi connectivity index (χ3v) is 4.78. The Morgan fingerprint density at radius 1 is 1.26 bits per heavy atom. The van der Waals surface area contributed by atoms with Crippen molar-refractivity contribution in [1.29, 1.82) is 0 Å². The fourth-order valence-corrected chi connectivity index (χ4v) is 3.24. The van der Waals surface area contributed by atoms with Crippen LogP contribution in [0, 0.1) is 17.3 Å². The normalized spacial score (nSPS) is 24.5. The second kappa shape index (κ2) is 5.66. The maximum atomic E-state index is 12.1. The summed E-state index contributed by atoms with van der Waals surface area (Å²) in [7, 11) is 0. The average molecular weight is 279 g/mol. The molecule has 1 aliphatic rings. The van der Waals surface area contributed by atoms with Gasteiger partial charge in [0, 0.05) is 17.4 Å². The van der Waals surface area contributed by atoms with Crippen LogP contribution in [0.5, 0.6) is 0 Å². The number of hydrogen-bond acceptors (Lipinski definition) is 1. The van der Waals surface area contributed by atoms with Gasteiger partial charge in [-0.3, -0.25) is 4.79 Å². The Balaban J connectivity index is 2.10. The summed E-state index contributed by atoms with van der Waals surface area (Å²) in [5, 5.41) is 0.785. The minimum Gasteiger partial charge on any atom is -0.299 e. The van der Waals surface area contributed by atoms with Crippen molar-refractivity contribution in [1.82, 2.24) is 0 Å². The van der Waals surface area contributed by atoms with Gasteiger partial charge in [0.1, 0.15) is 5.78 Å². The van der Waals surface area contributed by atoms with Gasteiger partial charge in [-0.05, 0) is 42.2 Å². The van der Waals surface area contributed by atoms with Crippen molar-refractivity contribution in [3.63, 3.8) is 0 Å². The van der Waals surface area contributed by atoms with E-state index in [1.807, 2.05) is 24.3 Å². The maximum Gasteiger partial charge on any atom is 0.136 e. The molecular weight excluding hydrogens is 256 g/mol. The highest BCUT2D eigenvalue weighted by molar-refractivity contribution is 6.31. The Kier molecular flexibility index (Phi) is 4.35. The SMILES string of the molecule is CC(C)(C)C1CCC(=O)C(Cc2ccccc2Cl)C1. The number of rotatable bonds is 2. The minimum absolute atomic E-state index is 0.151. The van der Waals surface area contributed by atoms with Crippen LogP contribution < -0.4 is 0 Å². The molecule has 2 rings (SSSR count). The van der Waals surface area contributed by atoms with E-state index >= 15 is 0 Å². The molecule has 2 unspecified atom stereocenters. The van der Waals surface area contributed by atoms with E-state index in [-0.39, 0.29) is 5.92 Å². The average Bonchev–Trinajstić information content (AvgIpc) is 2.33. The topological polar surface area (TPSA) is 17.1 Å². The highest BCUT2D eigenvalue weighted by atomic mass is 35.5. The molecule has 1 aromatic carbocycles. The highest BCUT2D eigenvalue weighted by Gasteiger charge is 2.34. The molecule has 0 bridgehead atoms. The lowest BCUT2D eigenvalue weighted by molar-refractivity contribution is -0.126. The number of halogens is 1. The van der Waals surface area contributed by atoms with Crippen molar-refractivity contribution in [2.75, 3.05) is 0 Å². The maximum absolute atomic E-state index is 12.1. The molecule has 1 aliphatic carbocycles. The number of carbonyl (C=O) groups is 1. The van der Waals surface area contributed by atoms with Gasteiger partial charge in [0.2, 0.25) is 0 Å². The van der Waals surface area contributed by atoms with Gasteiger partial charge in [0.25, 0.3) is 0 Å². The van der Waals surface area contributed by atoms with Crippen LogP contribution in [0.3, 0.4) is 0 Å². The Bertz CT molecular complexity index is 459. The minimum atomic E-state index is 0.151. The van der Waals surface area contributed by atoms with Crippen LogP contribution in [-0.2, 0) is 11.2 Å².